The van der Waals surface area contributed by atoms with Gasteiger partial charge in [0.1, 0.15) is 0 Å². The summed E-state index contributed by atoms with van der Waals surface area (Å²) in [6.45, 7) is 1.85. The molecular weight excluding hydrogens is 408 g/mol. The van der Waals surface area contributed by atoms with Crippen LogP contribution in [0, 0.1) is 17.0 Å². The second-order valence-corrected chi connectivity index (χ2v) is 9.31. The van der Waals surface area contributed by atoms with E-state index in [-0.39, 0.29) is 11.4 Å². The third kappa shape index (κ3) is 6.07. The highest BCUT2D eigenvalue weighted by molar-refractivity contribution is 7.98. The molecule has 150 valence electrons. The molecule has 0 radical (unpaired) electrons. The number of nitro benzene ring substituents is 1. The molecule has 0 saturated heterocycles. The van der Waals surface area contributed by atoms with Gasteiger partial charge in [0, 0.05) is 22.8 Å². The summed E-state index contributed by atoms with van der Waals surface area (Å²) in [6, 6.07) is 21.3. The first-order valence-electron chi connectivity index (χ1n) is 8.83. The molecule has 0 aliphatic rings. The Kier molecular flexibility index (Phi) is 6.56. The van der Waals surface area contributed by atoms with Crippen LogP contribution in [0.25, 0.3) is 0 Å². The zero-order valence-electron chi connectivity index (χ0n) is 15.7. The van der Waals surface area contributed by atoms with Gasteiger partial charge in [-0.2, -0.15) is 0 Å². The maximum atomic E-state index is 12.5. The van der Waals surface area contributed by atoms with Gasteiger partial charge in [0.25, 0.3) is 5.69 Å². The van der Waals surface area contributed by atoms with Crippen molar-refractivity contribution in [1.82, 2.24) is 0 Å². The van der Waals surface area contributed by atoms with Crippen molar-refractivity contribution in [2.45, 2.75) is 23.3 Å². The first kappa shape index (κ1) is 20.9. The number of benzene rings is 3. The standard InChI is InChI=1S/C21H20N2O4S2/c1-16-12-17(14-28-20-8-3-2-4-9-20)10-11-21(16)22-29(26,27)15-18-6-5-7-19(13-18)23(24)25/h2-13,22H,14-15H2,1H3. The van der Waals surface area contributed by atoms with Crippen LogP contribution < -0.4 is 4.72 Å². The molecule has 0 aliphatic heterocycles. The first-order chi connectivity index (χ1) is 13.8. The predicted octanol–water partition coefficient (Wildman–Crippen LogP) is 5.14. The van der Waals surface area contributed by atoms with E-state index in [0.29, 0.717) is 11.3 Å². The SMILES string of the molecule is Cc1cc(CSc2ccccc2)ccc1NS(=O)(=O)Cc1cccc([N+](=O)[O-])c1. The van der Waals surface area contributed by atoms with E-state index in [1.54, 1.807) is 23.9 Å². The van der Waals surface area contributed by atoms with Crippen LogP contribution in [0.1, 0.15) is 16.7 Å². The van der Waals surface area contributed by atoms with Gasteiger partial charge in [-0.05, 0) is 41.8 Å². The Balaban J connectivity index is 1.67. The van der Waals surface area contributed by atoms with Crippen molar-refractivity contribution in [2.75, 3.05) is 4.72 Å². The summed E-state index contributed by atoms with van der Waals surface area (Å²) in [7, 11) is -3.70. The summed E-state index contributed by atoms with van der Waals surface area (Å²) < 4.78 is 27.6. The van der Waals surface area contributed by atoms with Gasteiger partial charge in [0.05, 0.1) is 16.4 Å². The fraction of sp³-hybridized carbons (Fsp3) is 0.143. The highest BCUT2D eigenvalue weighted by Gasteiger charge is 2.15. The number of nitrogens with one attached hydrogen (secondary N) is 1. The molecule has 3 aromatic carbocycles. The molecular formula is C21H20N2O4S2. The number of non-ortho nitro benzene ring substituents is 1. The van der Waals surface area contributed by atoms with Crippen LogP contribution in [0.3, 0.4) is 0 Å². The number of nitrogens with zero attached hydrogens (tertiary/aromatic N) is 1. The van der Waals surface area contributed by atoms with Crippen molar-refractivity contribution < 1.29 is 13.3 Å². The molecule has 0 unspecified atom stereocenters. The highest BCUT2D eigenvalue weighted by Crippen LogP contribution is 2.26. The van der Waals surface area contributed by atoms with Crippen LogP contribution in [-0.4, -0.2) is 13.3 Å². The lowest BCUT2D eigenvalue weighted by molar-refractivity contribution is -0.384. The summed E-state index contributed by atoms with van der Waals surface area (Å²) in [5, 5.41) is 10.9. The molecule has 3 aromatic rings. The number of anilines is 1. The minimum atomic E-state index is -3.70. The van der Waals surface area contributed by atoms with E-state index >= 15 is 0 Å². The monoisotopic (exact) mass is 428 g/mol. The van der Waals surface area contributed by atoms with Crippen LogP contribution in [-0.2, 0) is 21.5 Å². The highest BCUT2D eigenvalue weighted by atomic mass is 32.2. The Hall–Kier alpha value is -2.84. The smallest absolute Gasteiger partial charge is 0.269 e. The van der Waals surface area contributed by atoms with Crippen molar-refractivity contribution in [2.24, 2.45) is 0 Å². The topological polar surface area (TPSA) is 89.3 Å². The minimum Gasteiger partial charge on any atom is -0.283 e. The number of hydrogen-bond donors (Lipinski definition) is 1. The van der Waals surface area contributed by atoms with Crippen molar-refractivity contribution in [3.05, 3.63) is 99.6 Å². The Morgan fingerprint density at radius 3 is 2.41 bits per heavy atom. The Labute approximate surface area is 174 Å². The van der Waals surface area contributed by atoms with E-state index < -0.39 is 14.9 Å². The lowest BCUT2D eigenvalue weighted by atomic mass is 10.1. The summed E-state index contributed by atoms with van der Waals surface area (Å²) >= 11 is 1.71. The van der Waals surface area contributed by atoms with Gasteiger partial charge in [0.15, 0.2) is 0 Å². The van der Waals surface area contributed by atoms with E-state index in [4.69, 9.17) is 0 Å². The van der Waals surface area contributed by atoms with Crippen molar-refractivity contribution in [3.8, 4) is 0 Å². The summed E-state index contributed by atoms with van der Waals surface area (Å²) in [5.41, 5.74) is 2.65. The fourth-order valence-corrected chi connectivity index (χ4v) is 4.91. The number of hydrogen-bond acceptors (Lipinski definition) is 5. The lowest BCUT2D eigenvalue weighted by Gasteiger charge is -2.12. The maximum Gasteiger partial charge on any atom is 0.269 e. The van der Waals surface area contributed by atoms with Crippen molar-refractivity contribution in [3.63, 3.8) is 0 Å². The van der Waals surface area contributed by atoms with Crippen LogP contribution in [0.2, 0.25) is 0 Å². The third-order valence-electron chi connectivity index (χ3n) is 4.18. The van der Waals surface area contributed by atoms with E-state index in [1.807, 2.05) is 49.4 Å². The molecule has 0 spiro atoms. The molecule has 3 rings (SSSR count). The number of thioether (sulfide) groups is 1. The van der Waals surface area contributed by atoms with Gasteiger partial charge in [-0.3, -0.25) is 14.8 Å². The maximum absolute atomic E-state index is 12.5. The lowest BCUT2D eigenvalue weighted by Crippen LogP contribution is -2.16. The molecule has 29 heavy (non-hydrogen) atoms. The third-order valence-corrected chi connectivity index (χ3v) is 6.51. The Morgan fingerprint density at radius 1 is 0.966 bits per heavy atom. The van der Waals surface area contributed by atoms with Gasteiger partial charge in [-0.1, -0.05) is 42.5 Å². The molecule has 6 nitrogen and oxygen atoms in total. The molecule has 0 aromatic heterocycles. The van der Waals surface area contributed by atoms with Crippen LogP contribution in [0.5, 0.6) is 0 Å². The molecule has 0 saturated carbocycles. The molecule has 0 amide bonds. The van der Waals surface area contributed by atoms with Crippen molar-refractivity contribution >= 4 is 33.2 Å². The Morgan fingerprint density at radius 2 is 1.72 bits per heavy atom. The zero-order chi connectivity index (χ0) is 20.9. The average Bonchev–Trinajstić information content (AvgIpc) is 2.69. The summed E-state index contributed by atoms with van der Waals surface area (Å²) in [4.78, 5) is 11.5. The normalized spacial score (nSPS) is 11.2. The van der Waals surface area contributed by atoms with Crippen LogP contribution in [0.4, 0.5) is 11.4 Å². The predicted molar refractivity (Wildman–Crippen MR) is 117 cm³/mol. The number of nitro groups is 1. The van der Waals surface area contributed by atoms with Gasteiger partial charge in [0.2, 0.25) is 10.0 Å². The van der Waals surface area contributed by atoms with Gasteiger partial charge < -0.3 is 0 Å². The molecule has 0 atom stereocenters. The molecule has 8 heteroatoms. The van der Waals surface area contributed by atoms with Crippen LogP contribution >= 0.6 is 11.8 Å². The minimum absolute atomic E-state index is 0.130. The average molecular weight is 429 g/mol. The first-order valence-corrected chi connectivity index (χ1v) is 11.5. The zero-order valence-corrected chi connectivity index (χ0v) is 17.4. The van der Waals surface area contributed by atoms with Gasteiger partial charge in [-0.15, -0.1) is 11.8 Å². The number of rotatable bonds is 8. The molecule has 0 aliphatic carbocycles. The van der Waals surface area contributed by atoms with E-state index in [1.165, 1.54) is 23.1 Å². The second kappa shape index (κ2) is 9.11. The second-order valence-electron chi connectivity index (χ2n) is 6.54. The van der Waals surface area contributed by atoms with E-state index in [0.717, 1.165) is 16.9 Å². The van der Waals surface area contributed by atoms with Crippen LogP contribution in [0.15, 0.2) is 77.7 Å². The molecule has 0 heterocycles. The van der Waals surface area contributed by atoms with E-state index in [9.17, 15) is 18.5 Å². The van der Waals surface area contributed by atoms with E-state index in [2.05, 4.69) is 4.72 Å². The van der Waals surface area contributed by atoms with Gasteiger partial charge >= 0.3 is 0 Å². The molecule has 1 N–H and O–H groups in total. The Bertz CT molecular complexity index is 1120. The fourth-order valence-electron chi connectivity index (χ4n) is 2.80. The summed E-state index contributed by atoms with van der Waals surface area (Å²) in [5.74, 6) is 0.450. The molecule has 0 bridgehead atoms. The summed E-state index contributed by atoms with van der Waals surface area (Å²) in [6.07, 6.45) is 0. The quantitative estimate of drug-likeness (QED) is 0.305. The van der Waals surface area contributed by atoms with Gasteiger partial charge in [-0.25, -0.2) is 8.42 Å². The number of aryl methyl sites for hydroxylation is 1. The largest absolute Gasteiger partial charge is 0.283 e. The molecule has 0 fully saturated rings. The number of sulfonamides is 1. The van der Waals surface area contributed by atoms with Crippen molar-refractivity contribution in [1.29, 1.82) is 0 Å².